The lowest BCUT2D eigenvalue weighted by atomic mass is 10.1. The lowest BCUT2D eigenvalue weighted by Crippen LogP contribution is -2.25. The topological polar surface area (TPSA) is 103 Å². The van der Waals surface area contributed by atoms with Gasteiger partial charge in [0, 0.05) is 37.3 Å². The first-order valence-electron chi connectivity index (χ1n) is 10.3. The number of rotatable bonds is 6. The molecule has 0 radical (unpaired) electrons. The lowest BCUT2D eigenvalue weighted by Gasteiger charge is -2.09. The van der Waals surface area contributed by atoms with Crippen molar-refractivity contribution in [2.45, 2.75) is 30.2 Å². The number of amides is 1. The van der Waals surface area contributed by atoms with Crippen molar-refractivity contribution < 1.29 is 18.0 Å². The van der Waals surface area contributed by atoms with Gasteiger partial charge in [0.05, 0.1) is 21.5 Å². The van der Waals surface area contributed by atoms with Crippen LogP contribution in [-0.4, -0.2) is 34.5 Å². The highest BCUT2D eigenvalue weighted by Gasteiger charge is 2.26. The fourth-order valence-corrected chi connectivity index (χ4v) is 5.42. The molecule has 0 spiro atoms. The van der Waals surface area contributed by atoms with E-state index in [0.717, 1.165) is 16.5 Å². The molecule has 0 saturated heterocycles. The summed E-state index contributed by atoms with van der Waals surface area (Å²) in [6.45, 7) is 3.35. The van der Waals surface area contributed by atoms with E-state index in [1.54, 1.807) is 29.4 Å². The van der Waals surface area contributed by atoms with Crippen molar-refractivity contribution in [2.24, 2.45) is 14.1 Å². The molecule has 2 aromatic carbocycles. The molecule has 0 aliphatic carbocycles. The molecule has 170 valence electrons. The number of aryl methyl sites for hydroxylation is 1. The molecular weight excluding hydrogens is 440 g/mol. The van der Waals surface area contributed by atoms with Crippen LogP contribution in [0.25, 0.3) is 10.9 Å². The largest absolute Gasteiger partial charge is 0.347 e. The summed E-state index contributed by atoms with van der Waals surface area (Å²) in [6.07, 6.45) is 1.77. The maximum absolute atomic E-state index is 13.2. The molecule has 0 bridgehead atoms. The van der Waals surface area contributed by atoms with E-state index in [0.29, 0.717) is 11.3 Å². The Kier molecular flexibility index (Phi) is 5.67. The van der Waals surface area contributed by atoms with Gasteiger partial charge in [-0.2, -0.15) is 5.10 Å². The Morgan fingerprint density at radius 1 is 1.06 bits per heavy atom. The fourth-order valence-electron chi connectivity index (χ4n) is 3.88. The summed E-state index contributed by atoms with van der Waals surface area (Å²) < 4.78 is 29.8. The summed E-state index contributed by atoms with van der Waals surface area (Å²) in [5.74, 6) is -0.524. The monoisotopic (exact) mass is 464 g/mol. The van der Waals surface area contributed by atoms with Crippen LogP contribution in [0, 0.1) is 6.92 Å². The van der Waals surface area contributed by atoms with Gasteiger partial charge in [-0.25, -0.2) is 8.42 Å². The van der Waals surface area contributed by atoms with Crippen LogP contribution in [0.15, 0.2) is 64.5 Å². The van der Waals surface area contributed by atoms with E-state index < -0.39 is 9.84 Å². The number of sulfone groups is 1. The SMILES string of the molecule is CC(=O)c1ccc(S(=O)(=O)c2cc(C(=O)NCc3cccc4cnn(C)c34)n(C)c2C)cc1. The zero-order chi connectivity index (χ0) is 23.9. The number of carbonyl (C=O) groups excluding carboxylic acids is 2. The van der Waals surface area contributed by atoms with Crippen LogP contribution in [0.3, 0.4) is 0 Å². The van der Waals surface area contributed by atoms with Crippen molar-refractivity contribution in [3.05, 3.63) is 77.2 Å². The number of fused-ring (bicyclic) bond motifs is 1. The number of para-hydroxylation sites is 1. The highest BCUT2D eigenvalue weighted by Crippen LogP contribution is 2.27. The first-order valence-corrected chi connectivity index (χ1v) is 11.8. The van der Waals surface area contributed by atoms with Crippen molar-refractivity contribution in [1.82, 2.24) is 19.7 Å². The lowest BCUT2D eigenvalue weighted by molar-refractivity contribution is 0.0941. The van der Waals surface area contributed by atoms with Gasteiger partial charge in [0.15, 0.2) is 5.78 Å². The van der Waals surface area contributed by atoms with Crippen LogP contribution in [-0.2, 0) is 30.5 Å². The van der Waals surface area contributed by atoms with Crippen LogP contribution >= 0.6 is 0 Å². The van der Waals surface area contributed by atoms with Crippen molar-refractivity contribution in [2.75, 3.05) is 0 Å². The van der Waals surface area contributed by atoms with Gasteiger partial charge in [0.25, 0.3) is 5.91 Å². The third-order valence-corrected chi connectivity index (χ3v) is 7.75. The Labute approximate surface area is 191 Å². The van der Waals surface area contributed by atoms with Crippen molar-refractivity contribution >= 4 is 32.4 Å². The van der Waals surface area contributed by atoms with Crippen molar-refractivity contribution in [3.63, 3.8) is 0 Å². The summed E-state index contributed by atoms with van der Waals surface area (Å²) in [4.78, 5) is 24.6. The minimum Gasteiger partial charge on any atom is -0.347 e. The van der Waals surface area contributed by atoms with Gasteiger partial charge in [-0.3, -0.25) is 14.3 Å². The summed E-state index contributed by atoms with van der Waals surface area (Å²) in [7, 11) is -0.367. The second-order valence-electron chi connectivity index (χ2n) is 7.93. The number of nitrogens with zero attached hydrogens (tertiary/aromatic N) is 3. The third-order valence-electron chi connectivity index (χ3n) is 5.87. The van der Waals surface area contributed by atoms with Gasteiger partial charge in [-0.1, -0.05) is 30.3 Å². The van der Waals surface area contributed by atoms with Gasteiger partial charge in [-0.05, 0) is 37.6 Å². The molecule has 0 unspecified atom stereocenters. The van der Waals surface area contributed by atoms with Gasteiger partial charge in [-0.15, -0.1) is 0 Å². The molecule has 8 nitrogen and oxygen atoms in total. The molecule has 4 rings (SSSR count). The summed E-state index contributed by atoms with van der Waals surface area (Å²) in [5, 5.41) is 8.11. The van der Waals surface area contributed by atoms with E-state index in [-0.39, 0.29) is 33.7 Å². The van der Waals surface area contributed by atoms with Crippen LogP contribution in [0.4, 0.5) is 0 Å². The molecule has 2 aromatic heterocycles. The number of hydrogen-bond acceptors (Lipinski definition) is 5. The van der Waals surface area contributed by atoms with Crippen molar-refractivity contribution in [1.29, 1.82) is 0 Å². The summed E-state index contributed by atoms with van der Waals surface area (Å²) in [6, 6.07) is 13.0. The highest BCUT2D eigenvalue weighted by molar-refractivity contribution is 7.91. The molecule has 9 heteroatoms. The van der Waals surface area contributed by atoms with Gasteiger partial charge in [0.1, 0.15) is 5.69 Å². The molecule has 4 aromatic rings. The quantitative estimate of drug-likeness (QED) is 0.442. The second-order valence-corrected chi connectivity index (χ2v) is 9.85. The predicted molar refractivity (Wildman–Crippen MR) is 124 cm³/mol. The molecule has 1 amide bonds. The van der Waals surface area contributed by atoms with E-state index in [2.05, 4.69) is 10.4 Å². The standard InChI is InChI=1S/C24H24N4O4S/c1-15-22(33(31,32)20-10-8-17(9-11-20)16(2)29)12-21(27(15)3)24(30)25-13-18-6-5-7-19-14-26-28(4)23(18)19/h5-12,14H,13H2,1-4H3,(H,25,30). The highest BCUT2D eigenvalue weighted by atomic mass is 32.2. The predicted octanol–water partition coefficient (Wildman–Crippen LogP) is 3.19. The van der Waals surface area contributed by atoms with Gasteiger partial charge in [0.2, 0.25) is 9.84 Å². The molecule has 0 aliphatic rings. The van der Waals surface area contributed by atoms with E-state index in [1.807, 2.05) is 25.2 Å². The number of Topliss-reactive ketones (excluding diaryl/α,β-unsaturated/α-hetero) is 1. The number of hydrogen-bond donors (Lipinski definition) is 1. The number of aromatic nitrogens is 3. The maximum Gasteiger partial charge on any atom is 0.268 e. The zero-order valence-corrected chi connectivity index (χ0v) is 19.6. The fraction of sp³-hybridized carbons (Fsp3) is 0.208. The van der Waals surface area contributed by atoms with E-state index in [9.17, 15) is 18.0 Å². The van der Waals surface area contributed by atoms with Crippen LogP contribution in [0.1, 0.15) is 39.0 Å². The molecule has 0 saturated carbocycles. The number of benzene rings is 2. The Balaban J connectivity index is 1.61. The smallest absolute Gasteiger partial charge is 0.268 e. The number of nitrogens with one attached hydrogen (secondary N) is 1. The molecule has 0 atom stereocenters. The first kappa shape index (κ1) is 22.5. The van der Waals surface area contributed by atoms with E-state index in [1.165, 1.54) is 37.3 Å². The summed E-state index contributed by atoms with van der Waals surface area (Å²) in [5.41, 5.74) is 2.96. The Bertz CT molecular complexity index is 1500. The molecule has 1 N–H and O–H groups in total. The average molecular weight is 465 g/mol. The van der Waals surface area contributed by atoms with Crippen molar-refractivity contribution in [3.8, 4) is 0 Å². The second kappa shape index (κ2) is 8.32. The Morgan fingerprint density at radius 2 is 1.76 bits per heavy atom. The Hall–Kier alpha value is -3.72. The molecule has 2 heterocycles. The van der Waals surface area contributed by atoms with Crippen LogP contribution in [0.2, 0.25) is 0 Å². The van der Waals surface area contributed by atoms with Crippen LogP contribution in [0.5, 0.6) is 0 Å². The maximum atomic E-state index is 13.2. The minimum atomic E-state index is -3.87. The minimum absolute atomic E-state index is 0.0551. The number of carbonyl (C=O) groups is 2. The third kappa shape index (κ3) is 3.95. The Morgan fingerprint density at radius 3 is 2.42 bits per heavy atom. The van der Waals surface area contributed by atoms with Crippen LogP contribution < -0.4 is 5.32 Å². The molecule has 33 heavy (non-hydrogen) atoms. The zero-order valence-electron chi connectivity index (χ0n) is 18.8. The van der Waals surface area contributed by atoms with Gasteiger partial charge < -0.3 is 9.88 Å². The molecule has 0 aliphatic heterocycles. The molecule has 0 fully saturated rings. The normalized spacial score (nSPS) is 11.6. The molecular formula is C24H24N4O4S. The average Bonchev–Trinajstić information content (AvgIpc) is 3.32. The van der Waals surface area contributed by atoms with E-state index >= 15 is 0 Å². The summed E-state index contributed by atoms with van der Waals surface area (Å²) >= 11 is 0. The number of ketones is 1. The van der Waals surface area contributed by atoms with E-state index in [4.69, 9.17) is 0 Å². The van der Waals surface area contributed by atoms with Gasteiger partial charge >= 0.3 is 0 Å². The first-order chi connectivity index (χ1) is 15.6.